The molecule has 19 heavy (non-hydrogen) atoms. The minimum Gasteiger partial charge on any atom is -0.388 e. The molecule has 0 bridgehead atoms. The summed E-state index contributed by atoms with van der Waals surface area (Å²) in [7, 11) is 0. The lowest BCUT2D eigenvalue weighted by atomic mass is 9.98. The van der Waals surface area contributed by atoms with E-state index in [1.54, 1.807) is 24.3 Å². The van der Waals surface area contributed by atoms with Crippen LogP contribution in [0.2, 0.25) is 5.02 Å². The molecule has 0 saturated heterocycles. The first-order valence-corrected chi connectivity index (χ1v) is 7.02. The van der Waals surface area contributed by atoms with Crippen LogP contribution in [0.5, 0.6) is 0 Å². The van der Waals surface area contributed by atoms with Crippen LogP contribution in [-0.4, -0.2) is 5.11 Å². The van der Waals surface area contributed by atoms with Crippen molar-refractivity contribution in [3.8, 4) is 0 Å². The summed E-state index contributed by atoms with van der Waals surface area (Å²) < 4.78 is 13.6. The average Bonchev–Trinajstić information content (AvgIpc) is 2.36. The van der Waals surface area contributed by atoms with Gasteiger partial charge in [-0.3, -0.25) is 0 Å². The molecule has 1 nitrogen and oxygen atoms in total. The molecular formula is C15H13BrClFO. The monoisotopic (exact) mass is 342 g/mol. The summed E-state index contributed by atoms with van der Waals surface area (Å²) >= 11 is 9.08. The van der Waals surface area contributed by atoms with E-state index in [9.17, 15) is 9.50 Å². The largest absolute Gasteiger partial charge is 0.388 e. The number of aliphatic hydroxyl groups excluding tert-OH is 1. The van der Waals surface area contributed by atoms with E-state index in [0.717, 1.165) is 16.7 Å². The van der Waals surface area contributed by atoms with Crippen molar-refractivity contribution in [3.63, 3.8) is 0 Å². The van der Waals surface area contributed by atoms with Gasteiger partial charge < -0.3 is 5.11 Å². The number of hydrogen-bond donors (Lipinski definition) is 1. The predicted molar refractivity (Wildman–Crippen MR) is 79.0 cm³/mol. The third-order valence-corrected chi connectivity index (χ3v) is 3.86. The number of rotatable bonds is 3. The maximum atomic E-state index is 13.1. The highest BCUT2D eigenvalue weighted by Gasteiger charge is 2.12. The summed E-state index contributed by atoms with van der Waals surface area (Å²) in [5.41, 5.74) is 2.64. The third kappa shape index (κ3) is 3.56. The quantitative estimate of drug-likeness (QED) is 0.846. The zero-order chi connectivity index (χ0) is 14.0. The Kier molecular flexibility index (Phi) is 4.61. The number of benzene rings is 2. The lowest BCUT2D eigenvalue weighted by Crippen LogP contribution is -2.04. The lowest BCUT2D eigenvalue weighted by molar-refractivity contribution is 0.177. The van der Waals surface area contributed by atoms with Gasteiger partial charge >= 0.3 is 0 Å². The molecule has 2 aromatic carbocycles. The van der Waals surface area contributed by atoms with Crippen molar-refractivity contribution in [2.24, 2.45) is 0 Å². The van der Waals surface area contributed by atoms with E-state index in [-0.39, 0.29) is 5.82 Å². The van der Waals surface area contributed by atoms with E-state index in [4.69, 9.17) is 11.6 Å². The van der Waals surface area contributed by atoms with Gasteiger partial charge in [0.15, 0.2) is 0 Å². The molecule has 2 aromatic rings. The first-order valence-electron chi connectivity index (χ1n) is 5.85. The Bertz CT molecular complexity index is 601. The van der Waals surface area contributed by atoms with Crippen LogP contribution >= 0.6 is 27.5 Å². The molecule has 2 rings (SSSR count). The summed E-state index contributed by atoms with van der Waals surface area (Å²) in [6.45, 7) is 1.93. The Balaban J connectivity index is 2.22. The minimum atomic E-state index is -0.656. The molecule has 1 N–H and O–H groups in total. The van der Waals surface area contributed by atoms with Crippen molar-refractivity contribution in [2.75, 3.05) is 0 Å². The topological polar surface area (TPSA) is 20.2 Å². The molecule has 1 unspecified atom stereocenters. The summed E-state index contributed by atoms with van der Waals surface area (Å²) in [4.78, 5) is 0. The molecule has 0 aliphatic carbocycles. The van der Waals surface area contributed by atoms with Crippen molar-refractivity contribution >= 4 is 27.5 Å². The SMILES string of the molecule is Cc1ccc(Cl)cc1C(O)Cc1ccc(F)c(Br)c1. The van der Waals surface area contributed by atoms with E-state index in [0.29, 0.717) is 15.9 Å². The predicted octanol–water partition coefficient (Wildman–Crippen LogP) is 4.83. The van der Waals surface area contributed by atoms with Gasteiger partial charge in [-0.05, 0) is 63.8 Å². The maximum Gasteiger partial charge on any atom is 0.137 e. The smallest absolute Gasteiger partial charge is 0.137 e. The fourth-order valence-electron chi connectivity index (χ4n) is 1.97. The molecule has 0 aromatic heterocycles. The highest BCUT2D eigenvalue weighted by molar-refractivity contribution is 9.10. The van der Waals surface area contributed by atoms with Crippen molar-refractivity contribution in [1.82, 2.24) is 0 Å². The van der Waals surface area contributed by atoms with Gasteiger partial charge in [0.25, 0.3) is 0 Å². The van der Waals surface area contributed by atoms with Gasteiger partial charge in [0.05, 0.1) is 10.6 Å². The Hall–Kier alpha value is -0.900. The number of aliphatic hydroxyl groups is 1. The van der Waals surface area contributed by atoms with Gasteiger partial charge in [0, 0.05) is 11.4 Å². The second-order valence-electron chi connectivity index (χ2n) is 4.47. The van der Waals surface area contributed by atoms with Gasteiger partial charge in [-0.15, -0.1) is 0 Å². The second kappa shape index (κ2) is 6.04. The third-order valence-electron chi connectivity index (χ3n) is 3.01. The van der Waals surface area contributed by atoms with Gasteiger partial charge in [-0.25, -0.2) is 4.39 Å². The van der Waals surface area contributed by atoms with Gasteiger partial charge in [0.1, 0.15) is 5.82 Å². The van der Waals surface area contributed by atoms with Gasteiger partial charge in [-0.2, -0.15) is 0 Å². The number of hydrogen-bond acceptors (Lipinski definition) is 1. The maximum absolute atomic E-state index is 13.1. The molecule has 0 aliphatic rings. The molecule has 0 heterocycles. The minimum absolute atomic E-state index is 0.308. The van der Waals surface area contributed by atoms with Crippen LogP contribution in [0.3, 0.4) is 0 Å². The normalized spacial score (nSPS) is 12.5. The molecule has 4 heteroatoms. The van der Waals surface area contributed by atoms with Crippen LogP contribution in [0.4, 0.5) is 4.39 Å². The van der Waals surface area contributed by atoms with E-state index < -0.39 is 6.10 Å². The van der Waals surface area contributed by atoms with Crippen molar-refractivity contribution in [1.29, 1.82) is 0 Å². The fraction of sp³-hybridized carbons (Fsp3) is 0.200. The van der Waals surface area contributed by atoms with Crippen molar-refractivity contribution in [2.45, 2.75) is 19.4 Å². The van der Waals surface area contributed by atoms with Crippen LogP contribution in [-0.2, 0) is 6.42 Å². The number of halogens is 3. The summed E-state index contributed by atoms with van der Waals surface area (Å²) in [5, 5.41) is 10.9. The molecule has 0 fully saturated rings. The van der Waals surface area contributed by atoms with Gasteiger partial charge in [0.2, 0.25) is 0 Å². The Morgan fingerprint density at radius 3 is 2.68 bits per heavy atom. The molecule has 0 amide bonds. The van der Waals surface area contributed by atoms with Crippen LogP contribution in [0.1, 0.15) is 22.8 Å². The average molecular weight is 344 g/mol. The zero-order valence-corrected chi connectivity index (χ0v) is 12.7. The summed E-state index contributed by atoms with van der Waals surface area (Å²) in [5.74, 6) is -0.308. The fourth-order valence-corrected chi connectivity index (χ4v) is 2.58. The first-order chi connectivity index (χ1) is 8.97. The highest BCUT2D eigenvalue weighted by atomic mass is 79.9. The van der Waals surface area contributed by atoms with Gasteiger partial charge in [-0.1, -0.05) is 23.7 Å². The van der Waals surface area contributed by atoms with Crippen molar-refractivity contribution < 1.29 is 9.50 Å². The molecule has 0 radical (unpaired) electrons. The van der Waals surface area contributed by atoms with E-state index in [2.05, 4.69) is 15.9 Å². The summed E-state index contributed by atoms with van der Waals surface area (Å²) in [6, 6.07) is 10.2. The van der Waals surface area contributed by atoms with Crippen molar-refractivity contribution in [3.05, 3.63) is 68.4 Å². The number of aryl methyl sites for hydroxylation is 1. The van der Waals surface area contributed by atoms with Crippen LogP contribution in [0, 0.1) is 12.7 Å². The summed E-state index contributed by atoms with van der Waals surface area (Å²) in [6.07, 6.45) is -0.240. The molecule has 100 valence electrons. The molecule has 1 atom stereocenters. The molecular weight excluding hydrogens is 331 g/mol. The lowest BCUT2D eigenvalue weighted by Gasteiger charge is -2.14. The Morgan fingerprint density at radius 2 is 2.00 bits per heavy atom. The zero-order valence-electron chi connectivity index (χ0n) is 10.3. The van der Waals surface area contributed by atoms with E-state index in [1.807, 2.05) is 13.0 Å². The standard InChI is InChI=1S/C15H13BrClFO/c1-9-2-4-11(17)8-12(9)15(19)7-10-3-5-14(18)13(16)6-10/h2-6,8,15,19H,7H2,1H3. The Labute approximate surface area is 125 Å². The highest BCUT2D eigenvalue weighted by Crippen LogP contribution is 2.26. The first kappa shape index (κ1) is 14.5. The molecule has 0 aliphatic heterocycles. The molecule has 0 spiro atoms. The Morgan fingerprint density at radius 1 is 1.26 bits per heavy atom. The van der Waals surface area contributed by atoms with E-state index in [1.165, 1.54) is 6.07 Å². The van der Waals surface area contributed by atoms with Crippen LogP contribution in [0.25, 0.3) is 0 Å². The molecule has 0 saturated carbocycles. The second-order valence-corrected chi connectivity index (χ2v) is 5.76. The van der Waals surface area contributed by atoms with Crippen LogP contribution in [0.15, 0.2) is 40.9 Å². The van der Waals surface area contributed by atoms with E-state index >= 15 is 0 Å². The van der Waals surface area contributed by atoms with Crippen LogP contribution < -0.4 is 0 Å².